The Morgan fingerprint density at radius 3 is 2.74 bits per heavy atom. The molecule has 0 bridgehead atoms. The minimum absolute atomic E-state index is 0.321. The van der Waals surface area contributed by atoms with E-state index in [4.69, 9.17) is 9.78 Å². The lowest BCUT2D eigenvalue weighted by molar-refractivity contribution is 0.392. The summed E-state index contributed by atoms with van der Waals surface area (Å²) >= 11 is 0. The van der Waals surface area contributed by atoms with Gasteiger partial charge in [0.15, 0.2) is 5.69 Å². The fourth-order valence-corrected chi connectivity index (χ4v) is 1.82. The van der Waals surface area contributed by atoms with E-state index >= 15 is 0 Å². The molecular weight excluding hydrogens is 242 g/mol. The zero-order valence-corrected chi connectivity index (χ0v) is 11.0. The predicted molar refractivity (Wildman–Crippen MR) is 69.5 cm³/mol. The lowest BCUT2D eigenvalue weighted by Crippen LogP contribution is -2.05. The predicted octanol–water partition coefficient (Wildman–Crippen LogP) is 2.00. The Labute approximate surface area is 111 Å². The number of rotatable bonds is 5. The topological polar surface area (TPSA) is 87.6 Å². The smallest absolute Gasteiger partial charge is 0.158 e. The quantitative estimate of drug-likeness (QED) is 0.824. The zero-order valence-electron chi connectivity index (χ0n) is 11.0. The highest BCUT2D eigenvalue weighted by atomic mass is 16.5. The average Bonchev–Trinajstić information content (AvgIpc) is 2.75. The molecule has 2 rings (SSSR count). The number of anilines is 1. The van der Waals surface area contributed by atoms with E-state index in [-0.39, 0.29) is 0 Å². The first-order valence-corrected chi connectivity index (χ1v) is 6.08. The monoisotopic (exact) mass is 257 g/mol. The first-order chi connectivity index (χ1) is 9.20. The minimum atomic E-state index is 0.321. The molecule has 0 aliphatic heterocycles. The molecule has 0 spiro atoms. The molecule has 2 heterocycles. The number of hydrogen-bond acceptors (Lipinski definition) is 6. The molecule has 2 aromatic heterocycles. The second-order valence-corrected chi connectivity index (χ2v) is 4.23. The third-order valence-electron chi connectivity index (χ3n) is 2.86. The molecule has 0 atom stereocenters. The Morgan fingerprint density at radius 1 is 1.32 bits per heavy atom. The number of nitrogens with one attached hydrogen (secondary N) is 1. The van der Waals surface area contributed by atoms with Crippen LogP contribution in [0.25, 0.3) is 0 Å². The van der Waals surface area contributed by atoms with E-state index in [0.717, 1.165) is 30.8 Å². The van der Waals surface area contributed by atoms with E-state index < -0.39 is 0 Å². The molecule has 0 saturated carbocycles. The Morgan fingerprint density at radius 2 is 2.16 bits per heavy atom. The van der Waals surface area contributed by atoms with Gasteiger partial charge in [-0.1, -0.05) is 5.16 Å². The van der Waals surface area contributed by atoms with Crippen molar-refractivity contribution in [1.82, 2.24) is 15.1 Å². The molecule has 0 unspecified atom stereocenters. The fourth-order valence-electron chi connectivity index (χ4n) is 1.82. The van der Waals surface area contributed by atoms with E-state index in [2.05, 4.69) is 20.4 Å². The summed E-state index contributed by atoms with van der Waals surface area (Å²) in [6.45, 7) is 4.66. The van der Waals surface area contributed by atoms with Crippen LogP contribution in [0.15, 0.2) is 16.9 Å². The average molecular weight is 257 g/mol. The normalized spacial score (nSPS) is 10.2. The van der Waals surface area contributed by atoms with E-state index in [1.807, 2.05) is 19.9 Å². The van der Waals surface area contributed by atoms with Crippen LogP contribution in [-0.2, 0) is 6.42 Å². The third kappa shape index (κ3) is 3.28. The van der Waals surface area contributed by atoms with E-state index in [0.29, 0.717) is 11.5 Å². The van der Waals surface area contributed by atoms with E-state index in [9.17, 15) is 0 Å². The van der Waals surface area contributed by atoms with E-state index in [1.165, 1.54) is 11.8 Å². The van der Waals surface area contributed by atoms with Crippen LogP contribution in [0.5, 0.6) is 0 Å². The Bertz CT molecular complexity index is 563. The van der Waals surface area contributed by atoms with Gasteiger partial charge in [-0.25, -0.2) is 9.97 Å². The van der Waals surface area contributed by atoms with Gasteiger partial charge in [-0.05, 0) is 26.7 Å². The van der Waals surface area contributed by atoms with Gasteiger partial charge in [-0.15, -0.1) is 0 Å². The van der Waals surface area contributed by atoms with Gasteiger partial charge in [0.1, 0.15) is 17.6 Å². The molecule has 0 saturated heterocycles. The first-order valence-electron chi connectivity index (χ1n) is 6.08. The molecule has 6 heteroatoms. The van der Waals surface area contributed by atoms with Gasteiger partial charge < -0.3 is 9.84 Å². The summed E-state index contributed by atoms with van der Waals surface area (Å²) in [6.07, 6.45) is 4.88. The van der Waals surface area contributed by atoms with Crippen LogP contribution >= 0.6 is 0 Å². The van der Waals surface area contributed by atoms with E-state index in [1.54, 1.807) is 6.20 Å². The van der Waals surface area contributed by atoms with Gasteiger partial charge in [-0.3, -0.25) is 0 Å². The zero-order chi connectivity index (χ0) is 13.7. The SMILES string of the molecule is Cc1noc(C)c1CCCNc1cnc(C#N)cn1. The number of nitriles is 1. The van der Waals surface area contributed by atoms with Crippen LogP contribution < -0.4 is 5.32 Å². The van der Waals surface area contributed by atoms with Crippen LogP contribution in [0.1, 0.15) is 29.1 Å². The number of hydrogen-bond donors (Lipinski definition) is 1. The molecule has 0 aliphatic carbocycles. The van der Waals surface area contributed by atoms with Gasteiger partial charge in [-0.2, -0.15) is 5.26 Å². The van der Waals surface area contributed by atoms with Gasteiger partial charge >= 0.3 is 0 Å². The fraction of sp³-hybridized carbons (Fsp3) is 0.385. The van der Waals surface area contributed by atoms with Crippen LogP contribution in [0.4, 0.5) is 5.82 Å². The van der Waals surface area contributed by atoms with Crippen molar-refractivity contribution < 1.29 is 4.52 Å². The van der Waals surface area contributed by atoms with Gasteiger partial charge in [0.05, 0.1) is 18.1 Å². The molecule has 0 radical (unpaired) electrons. The minimum Gasteiger partial charge on any atom is -0.369 e. The number of nitrogens with zero attached hydrogens (tertiary/aromatic N) is 4. The van der Waals surface area contributed by atoms with Crippen molar-refractivity contribution in [3.05, 3.63) is 35.1 Å². The van der Waals surface area contributed by atoms with Gasteiger partial charge in [0.25, 0.3) is 0 Å². The van der Waals surface area contributed by atoms with Crippen LogP contribution in [0.3, 0.4) is 0 Å². The van der Waals surface area contributed by atoms with Crippen molar-refractivity contribution >= 4 is 5.82 Å². The Hall–Kier alpha value is -2.42. The lowest BCUT2D eigenvalue weighted by Gasteiger charge is -2.04. The highest BCUT2D eigenvalue weighted by Gasteiger charge is 2.07. The summed E-state index contributed by atoms with van der Waals surface area (Å²) < 4.78 is 5.11. The highest BCUT2D eigenvalue weighted by Crippen LogP contribution is 2.14. The van der Waals surface area contributed by atoms with Crippen molar-refractivity contribution in [3.63, 3.8) is 0 Å². The standard InChI is InChI=1S/C13H15N5O/c1-9-12(10(2)19-18-9)4-3-5-15-13-8-16-11(6-14)7-17-13/h7-8H,3-5H2,1-2H3,(H,15,17). The summed E-state index contributed by atoms with van der Waals surface area (Å²) in [5, 5.41) is 15.7. The van der Waals surface area contributed by atoms with Gasteiger partial charge in [0.2, 0.25) is 0 Å². The maximum absolute atomic E-state index is 8.61. The second kappa shape index (κ2) is 5.96. The van der Waals surface area contributed by atoms with Crippen molar-refractivity contribution in [3.8, 4) is 6.07 Å². The number of aromatic nitrogens is 3. The molecule has 0 aliphatic rings. The third-order valence-corrected chi connectivity index (χ3v) is 2.86. The molecule has 1 N–H and O–H groups in total. The molecule has 0 amide bonds. The van der Waals surface area contributed by atoms with Crippen molar-refractivity contribution in [2.24, 2.45) is 0 Å². The largest absolute Gasteiger partial charge is 0.369 e. The molecular formula is C13H15N5O. The molecule has 6 nitrogen and oxygen atoms in total. The maximum atomic E-state index is 8.61. The molecule has 0 aromatic carbocycles. The highest BCUT2D eigenvalue weighted by molar-refractivity contribution is 5.33. The molecule has 19 heavy (non-hydrogen) atoms. The second-order valence-electron chi connectivity index (χ2n) is 4.23. The summed E-state index contributed by atoms with van der Waals surface area (Å²) in [5.74, 6) is 1.56. The van der Waals surface area contributed by atoms with Crippen LogP contribution in [-0.4, -0.2) is 21.7 Å². The molecule has 0 fully saturated rings. The van der Waals surface area contributed by atoms with Gasteiger partial charge in [0, 0.05) is 12.1 Å². The lowest BCUT2D eigenvalue weighted by atomic mass is 10.1. The Kier molecular flexibility index (Phi) is 4.08. The Balaban J connectivity index is 1.79. The molecule has 2 aromatic rings. The van der Waals surface area contributed by atoms with Crippen LogP contribution in [0.2, 0.25) is 0 Å². The van der Waals surface area contributed by atoms with Crippen molar-refractivity contribution in [2.45, 2.75) is 26.7 Å². The summed E-state index contributed by atoms with van der Waals surface area (Å²) in [5.41, 5.74) is 2.45. The van der Waals surface area contributed by atoms with Crippen molar-refractivity contribution in [1.29, 1.82) is 5.26 Å². The molecule has 98 valence electrons. The summed E-state index contributed by atoms with van der Waals surface area (Å²) in [6, 6.07) is 1.93. The number of aryl methyl sites for hydroxylation is 2. The van der Waals surface area contributed by atoms with Crippen molar-refractivity contribution in [2.75, 3.05) is 11.9 Å². The summed E-state index contributed by atoms with van der Waals surface area (Å²) in [7, 11) is 0. The maximum Gasteiger partial charge on any atom is 0.158 e. The van der Waals surface area contributed by atoms with Crippen LogP contribution in [0, 0.1) is 25.2 Å². The summed E-state index contributed by atoms with van der Waals surface area (Å²) in [4.78, 5) is 8.04. The first kappa shape index (κ1) is 13.0.